The third-order valence-electron chi connectivity index (χ3n) is 2.95. The van der Waals surface area contributed by atoms with Gasteiger partial charge in [-0.1, -0.05) is 28.1 Å². The molecule has 0 radical (unpaired) electrons. The Hall–Kier alpha value is -1.72. The van der Waals surface area contributed by atoms with E-state index in [1.165, 1.54) is 0 Å². The first-order valence-electron chi connectivity index (χ1n) is 6.89. The molecular weight excluding hydrogens is 330 g/mol. The summed E-state index contributed by atoms with van der Waals surface area (Å²) in [5, 5.41) is 6.24. The second-order valence-electron chi connectivity index (χ2n) is 4.66. The number of nitrogens with zero attached hydrogens (tertiary/aromatic N) is 1. The van der Waals surface area contributed by atoms with Gasteiger partial charge in [0.1, 0.15) is 0 Å². The van der Waals surface area contributed by atoms with Crippen LogP contribution in [0.4, 0.5) is 0 Å². The van der Waals surface area contributed by atoms with Gasteiger partial charge in [-0.3, -0.25) is 9.78 Å². The molecule has 21 heavy (non-hydrogen) atoms. The van der Waals surface area contributed by atoms with Crippen LogP contribution in [0, 0.1) is 0 Å². The van der Waals surface area contributed by atoms with Crippen LogP contribution in [0.1, 0.15) is 22.3 Å². The minimum atomic E-state index is -0.0384. The molecule has 4 nitrogen and oxygen atoms in total. The highest BCUT2D eigenvalue weighted by molar-refractivity contribution is 9.10. The average molecular weight is 348 g/mol. The van der Waals surface area contributed by atoms with Gasteiger partial charge in [-0.2, -0.15) is 0 Å². The summed E-state index contributed by atoms with van der Waals surface area (Å²) in [4.78, 5) is 16.0. The normalized spacial score (nSPS) is 10.3. The zero-order chi connectivity index (χ0) is 14.9. The molecule has 0 bridgehead atoms. The Morgan fingerprint density at radius 3 is 2.86 bits per heavy atom. The molecule has 1 heterocycles. The van der Waals surface area contributed by atoms with Crippen LogP contribution in [0.3, 0.4) is 0 Å². The molecule has 5 heteroatoms. The fourth-order valence-electron chi connectivity index (χ4n) is 1.88. The van der Waals surface area contributed by atoms with Crippen LogP contribution in [-0.4, -0.2) is 24.0 Å². The van der Waals surface area contributed by atoms with Crippen molar-refractivity contribution in [3.05, 3.63) is 64.4 Å². The van der Waals surface area contributed by atoms with E-state index >= 15 is 0 Å². The van der Waals surface area contributed by atoms with E-state index in [9.17, 15) is 4.79 Å². The molecule has 0 spiro atoms. The number of rotatable bonds is 7. The smallest absolute Gasteiger partial charge is 0.251 e. The van der Waals surface area contributed by atoms with Crippen LogP contribution in [0.2, 0.25) is 0 Å². The molecule has 2 aromatic rings. The summed E-state index contributed by atoms with van der Waals surface area (Å²) in [6.45, 7) is 2.31. The number of halogens is 1. The maximum atomic E-state index is 11.9. The number of hydrogen-bond donors (Lipinski definition) is 2. The molecule has 0 fully saturated rings. The summed E-state index contributed by atoms with van der Waals surface area (Å²) < 4.78 is 0.910. The monoisotopic (exact) mass is 347 g/mol. The highest BCUT2D eigenvalue weighted by Gasteiger charge is 2.04. The van der Waals surface area contributed by atoms with Crippen molar-refractivity contribution in [2.45, 2.75) is 13.0 Å². The van der Waals surface area contributed by atoms with Gasteiger partial charge in [0, 0.05) is 35.5 Å². The van der Waals surface area contributed by atoms with E-state index in [2.05, 4.69) is 31.5 Å². The van der Waals surface area contributed by atoms with Crippen LogP contribution in [-0.2, 0) is 6.54 Å². The molecule has 0 aliphatic carbocycles. The van der Waals surface area contributed by atoms with Crippen molar-refractivity contribution in [2.24, 2.45) is 0 Å². The van der Waals surface area contributed by atoms with Gasteiger partial charge in [0.15, 0.2) is 0 Å². The predicted octanol–water partition coefficient (Wildman–Crippen LogP) is 2.75. The molecule has 1 aromatic heterocycles. The van der Waals surface area contributed by atoms with E-state index in [1.807, 2.05) is 36.5 Å². The Kier molecular flexibility index (Phi) is 6.37. The SMILES string of the molecule is O=C(NCCCNCc1cccnc1)c1cccc(Br)c1. The third kappa shape index (κ3) is 5.65. The van der Waals surface area contributed by atoms with E-state index in [0.717, 1.165) is 29.5 Å². The van der Waals surface area contributed by atoms with Crippen LogP contribution < -0.4 is 10.6 Å². The van der Waals surface area contributed by atoms with Crippen molar-refractivity contribution in [2.75, 3.05) is 13.1 Å². The van der Waals surface area contributed by atoms with Gasteiger partial charge in [0.25, 0.3) is 5.91 Å². The lowest BCUT2D eigenvalue weighted by Crippen LogP contribution is -2.27. The lowest BCUT2D eigenvalue weighted by molar-refractivity contribution is 0.0953. The van der Waals surface area contributed by atoms with Gasteiger partial charge in [-0.05, 0) is 42.8 Å². The summed E-state index contributed by atoms with van der Waals surface area (Å²) >= 11 is 3.36. The zero-order valence-electron chi connectivity index (χ0n) is 11.7. The molecule has 2 N–H and O–H groups in total. The lowest BCUT2D eigenvalue weighted by atomic mass is 10.2. The molecule has 0 atom stereocenters. The number of aromatic nitrogens is 1. The van der Waals surface area contributed by atoms with Crippen molar-refractivity contribution in [1.29, 1.82) is 0 Å². The molecule has 0 aliphatic heterocycles. The van der Waals surface area contributed by atoms with Crippen molar-refractivity contribution >= 4 is 21.8 Å². The maximum Gasteiger partial charge on any atom is 0.251 e. The maximum absolute atomic E-state index is 11.9. The Morgan fingerprint density at radius 1 is 1.19 bits per heavy atom. The fraction of sp³-hybridized carbons (Fsp3) is 0.250. The number of nitrogens with one attached hydrogen (secondary N) is 2. The first-order valence-corrected chi connectivity index (χ1v) is 7.68. The van der Waals surface area contributed by atoms with Gasteiger partial charge in [0.05, 0.1) is 0 Å². The minimum absolute atomic E-state index is 0.0384. The van der Waals surface area contributed by atoms with Gasteiger partial charge < -0.3 is 10.6 Å². The standard InChI is InChI=1S/C16H18BrN3O/c17-15-6-1-5-14(10-15)16(21)20-9-3-8-19-12-13-4-2-7-18-11-13/h1-2,4-7,10-11,19H,3,8-9,12H2,(H,20,21). The molecule has 0 unspecified atom stereocenters. The minimum Gasteiger partial charge on any atom is -0.352 e. The van der Waals surface area contributed by atoms with Crippen molar-refractivity contribution in [3.8, 4) is 0 Å². The fourth-order valence-corrected chi connectivity index (χ4v) is 2.28. The summed E-state index contributed by atoms with van der Waals surface area (Å²) in [5.41, 5.74) is 1.84. The van der Waals surface area contributed by atoms with Gasteiger partial charge in [-0.15, -0.1) is 0 Å². The Balaban J connectivity index is 1.60. The molecular formula is C16H18BrN3O. The number of hydrogen-bond acceptors (Lipinski definition) is 3. The van der Waals surface area contributed by atoms with Crippen LogP contribution in [0.25, 0.3) is 0 Å². The number of amides is 1. The number of carbonyl (C=O) groups excluding carboxylic acids is 1. The third-order valence-corrected chi connectivity index (χ3v) is 3.45. The van der Waals surface area contributed by atoms with Gasteiger partial charge in [-0.25, -0.2) is 0 Å². The first-order chi connectivity index (χ1) is 10.3. The molecule has 2 rings (SSSR count). The Morgan fingerprint density at radius 2 is 2.10 bits per heavy atom. The molecule has 1 aromatic carbocycles. The summed E-state index contributed by atoms with van der Waals surface area (Å²) in [7, 11) is 0. The first kappa shape index (κ1) is 15.7. The highest BCUT2D eigenvalue weighted by Crippen LogP contribution is 2.11. The quantitative estimate of drug-likeness (QED) is 0.757. The topological polar surface area (TPSA) is 54.0 Å². The van der Waals surface area contributed by atoms with Crippen molar-refractivity contribution in [1.82, 2.24) is 15.6 Å². The highest BCUT2D eigenvalue weighted by atomic mass is 79.9. The van der Waals surface area contributed by atoms with Crippen LogP contribution in [0.15, 0.2) is 53.3 Å². The molecule has 1 amide bonds. The summed E-state index contributed by atoms with van der Waals surface area (Å²) in [6.07, 6.45) is 4.50. The number of pyridine rings is 1. The number of benzene rings is 1. The summed E-state index contributed by atoms with van der Waals surface area (Å²) in [6, 6.07) is 11.3. The van der Waals surface area contributed by atoms with Gasteiger partial charge in [0.2, 0.25) is 0 Å². The lowest BCUT2D eigenvalue weighted by Gasteiger charge is -2.07. The zero-order valence-corrected chi connectivity index (χ0v) is 13.3. The second kappa shape index (κ2) is 8.54. The van der Waals surface area contributed by atoms with E-state index < -0.39 is 0 Å². The van der Waals surface area contributed by atoms with Crippen LogP contribution in [0.5, 0.6) is 0 Å². The Bertz CT molecular complexity index is 575. The molecule has 0 saturated carbocycles. The molecule has 0 aliphatic rings. The van der Waals surface area contributed by atoms with E-state index in [1.54, 1.807) is 12.3 Å². The molecule has 0 saturated heterocycles. The van der Waals surface area contributed by atoms with Crippen molar-refractivity contribution < 1.29 is 4.79 Å². The average Bonchev–Trinajstić information content (AvgIpc) is 2.51. The van der Waals surface area contributed by atoms with Crippen molar-refractivity contribution in [3.63, 3.8) is 0 Å². The van der Waals surface area contributed by atoms with Crippen LogP contribution >= 0.6 is 15.9 Å². The van der Waals surface area contributed by atoms with E-state index in [0.29, 0.717) is 12.1 Å². The largest absolute Gasteiger partial charge is 0.352 e. The van der Waals surface area contributed by atoms with E-state index in [4.69, 9.17) is 0 Å². The second-order valence-corrected chi connectivity index (χ2v) is 5.57. The Labute approximate surface area is 133 Å². The molecule has 110 valence electrons. The van der Waals surface area contributed by atoms with Gasteiger partial charge >= 0.3 is 0 Å². The predicted molar refractivity (Wildman–Crippen MR) is 87.0 cm³/mol. The number of carbonyl (C=O) groups is 1. The summed E-state index contributed by atoms with van der Waals surface area (Å²) in [5.74, 6) is -0.0384. The van der Waals surface area contributed by atoms with E-state index in [-0.39, 0.29) is 5.91 Å².